The molecule has 1 aromatic rings. The van der Waals surface area contributed by atoms with Gasteiger partial charge in [-0.3, -0.25) is 4.79 Å². The summed E-state index contributed by atoms with van der Waals surface area (Å²) in [5, 5.41) is 3.39. The molecule has 0 amide bonds. The van der Waals surface area contributed by atoms with Crippen LogP contribution in [0.3, 0.4) is 0 Å². The van der Waals surface area contributed by atoms with E-state index in [1.54, 1.807) is 0 Å². The van der Waals surface area contributed by atoms with E-state index in [4.69, 9.17) is 4.74 Å². The molecule has 0 bridgehead atoms. The van der Waals surface area contributed by atoms with Gasteiger partial charge in [0.15, 0.2) is 0 Å². The van der Waals surface area contributed by atoms with Crippen LogP contribution < -0.4 is 5.32 Å². The molecule has 0 saturated carbocycles. The number of hydrogen-bond donors (Lipinski definition) is 1. The van der Waals surface area contributed by atoms with Gasteiger partial charge in [0, 0.05) is 16.6 Å². The van der Waals surface area contributed by atoms with Gasteiger partial charge in [0.05, 0.1) is 13.0 Å². The van der Waals surface area contributed by atoms with Crippen molar-refractivity contribution in [2.24, 2.45) is 0 Å². The Kier molecular flexibility index (Phi) is 6.36. The first-order valence-electron chi connectivity index (χ1n) is 6.20. The van der Waals surface area contributed by atoms with Gasteiger partial charge < -0.3 is 10.1 Å². The molecule has 0 fully saturated rings. The molecular formula is C14H20BrNO2. The van der Waals surface area contributed by atoms with Crippen molar-refractivity contribution >= 4 is 21.9 Å². The summed E-state index contributed by atoms with van der Waals surface area (Å²) < 4.78 is 5.99. The van der Waals surface area contributed by atoms with E-state index in [0.717, 1.165) is 4.47 Å². The van der Waals surface area contributed by atoms with Gasteiger partial charge in [0.25, 0.3) is 0 Å². The second-order valence-corrected chi connectivity index (χ2v) is 5.27. The maximum atomic E-state index is 11.4. The van der Waals surface area contributed by atoms with Gasteiger partial charge in [-0.25, -0.2) is 0 Å². The van der Waals surface area contributed by atoms with Crippen LogP contribution in [0.4, 0.5) is 0 Å². The topological polar surface area (TPSA) is 38.3 Å². The van der Waals surface area contributed by atoms with Crippen LogP contribution in [-0.2, 0) is 9.53 Å². The summed E-state index contributed by atoms with van der Waals surface area (Å²) in [6, 6.07) is 8.45. The Bertz CT molecular complexity index is 395. The Balaban J connectivity index is 2.49. The maximum Gasteiger partial charge on any atom is 0.307 e. The van der Waals surface area contributed by atoms with Crippen molar-refractivity contribution in [2.45, 2.75) is 39.3 Å². The number of carbonyl (C=O) groups excluding carboxylic acids is 1. The van der Waals surface area contributed by atoms with Gasteiger partial charge in [0.1, 0.15) is 0 Å². The minimum Gasteiger partial charge on any atom is -0.466 e. The molecule has 0 radical (unpaired) electrons. The Hall–Kier alpha value is -0.870. The molecular weight excluding hydrogens is 294 g/mol. The number of carbonyl (C=O) groups is 1. The van der Waals surface area contributed by atoms with Gasteiger partial charge in [-0.2, -0.15) is 0 Å². The zero-order valence-electron chi connectivity index (χ0n) is 11.1. The number of nitrogens with one attached hydrogen (secondary N) is 1. The second-order valence-electron chi connectivity index (χ2n) is 4.35. The van der Waals surface area contributed by atoms with Gasteiger partial charge in [0.2, 0.25) is 0 Å². The standard InChI is InChI=1S/C14H20BrNO2/c1-4-18-14(17)8-10(2)16-11(3)12-6-5-7-13(15)9-12/h5-7,9-11,16H,4,8H2,1-3H3. The normalized spacial score (nSPS) is 14.0. The van der Waals surface area contributed by atoms with E-state index in [2.05, 4.69) is 40.3 Å². The molecule has 18 heavy (non-hydrogen) atoms. The molecule has 1 rings (SSSR count). The van der Waals surface area contributed by atoms with Crippen LogP contribution in [-0.4, -0.2) is 18.6 Å². The van der Waals surface area contributed by atoms with Crippen LogP contribution >= 0.6 is 15.9 Å². The molecule has 2 atom stereocenters. The first-order valence-corrected chi connectivity index (χ1v) is 6.99. The number of esters is 1. The van der Waals surface area contributed by atoms with Crippen molar-refractivity contribution in [3.63, 3.8) is 0 Å². The highest BCUT2D eigenvalue weighted by Gasteiger charge is 2.13. The highest BCUT2D eigenvalue weighted by molar-refractivity contribution is 9.10. The van der Waals surface area contributed by atoms with Crippen molar-refractivity contribution in [3.8, 4) is 0 Å². The lowest BCUT2D eigenvalue weighted by Gasteiger charge is -2.20. The van der Waals surface area contributed by atoms with E-state index in [9.17, 15) is 4.79 Å². The molecule has 0 heterocycles. The van der Waals surface area contributed by atoms with Crippen molar-refractivity contribution < 1.29 is 9.53 Å². The third-order valence-electron chi connectivity index (χ3n) is 2.66. The van der Waals surface area contributed by atoms with Crippen LogP contribution in [0.2, 0.25) is 0 Å². The van der Waals surface area contributed by atoms with Crippen LogP contribution in [0, 0.1) is 0 Å². The summed E-state index contributed by atoms with van der Waals surface area (Å²) in [6.07, 6.45) is 0.395. The quantitative estimate of drug-likeness (QED) is 0.818. The Morgan fingerprint density at radius 2 is 2.17 bits per heavy atom. The zero-order chi connectivity index (χ0) is 13.5. The minimum atomic E-state index is -0.154. The molecule has 0 aliphatic carbocycles. The SMILES string of the molecule is CCOC(=O)CC(C)NC(C)c1cccc(Br)c1. The van der Waals surface area contributed by atoms with E-state index in [1.807, 2.05) is 26.0 Å². The molecule has 0 aliphatic heterocycles. The fourth-order valence-electron chi connectivity index (χ4n) is 1.83. The molecule has 2 unspecified atom stereocenters. The summed E-state index contributed by atoms with van der Waals surface area (Å²) in [4.78, 5) is 11.4. The molecule has 100 valence electrons. The molecule has 0 spiro atoms. The van der Waals surface area contributed by atoms with Crippen LogP contribution in [0.25, 0.3) is 0 Å². The first-order chi connectivity index (χ1) is 8.52. The predicted octanol–water partition coefficient (Wildman–Crippen LogP) is 3.44. The average Bonchev–Trinajstić information content (AvgIpc) is 2.28. The predicted molar refractivity (Wildman–Crippen MR) is 76.4 cm³/mol. The van der Waals surface area contributed by atoms with Crippen molar-refractivity contribution in [2.75, 3.05) is 6.61 Å². The number of halogens is 1. The number of rotatable bonds is 6. The van der Waals surface area contributed by atoms with Crippen LogP contribution in [0.5, 0.6) is 0 Å². The lowest BCUT2D eigenvalue weighted by Crippen LogP contribution is -2.31. The molecule has 1 N–H and O–H groups in total. The van der Waals surface area contributed by atoms with E-state index >= 15 is 0 Å². The highest BCUT2D eigenvalue weighted by atomic mass is 79.9. The summed E-state index contributed by atoms with van der Waals surface area (Å²) in [5.74, 6) is -0.154. The number of hydrogen-bond acceptors (Lipinski definition) is 3. The Morgan fingerprint density at radius 1 is 1.44 bits per heavy atom. The maximum absolute atomic E-state index is 11.4. The zero-order valence-corrected chi connectivity index (χ0v) is 12.7. The fraction of sp³-hybridized carbons (Fsp3) is 0.500. The Labute approximate surface area is 117 Å². The number of benzene rings is 1. The monoisotopic (exact) mass is 313 g/mol. The fourth-order valence-corrected chi connectivity index (χ4v) is 2.24. The Morgan fingerprint density at radius 3 is 2.78 bits per heavy atom. The lowest BCUT2D eigenvalue weighted by molar-refractivity contribution is -0.143. The largest absolute Gasteiger partial charge is 0.466 e. The van der Waals surface area contributed by atoms with E-state index in [1.165, 1.54) is 5.56 Å². The van der Waals surface area contributed by atoms with Crippen molar-refractivity contribution in [1.82, 2.24) is 5.32 Å². The average molecular weight is 314 g/mol. The van der Waals surface area contributed by atoms with Gasteiger partial charge >= 0.3 is 5.97 Å². The van der Waals surface area contributed by atoms with Crippen molar-refractivity contribution in [1.29, 1.82) is 0 Å². The summed E-state index contributed by atoms with van der Waals surface area (Å²) in [7, 11) is 0. The molecule has 4 heteroatoms. The van der Waals surface area contributed by atoms with E-state index in [-0.39, 0.29) is 18.1 Å². The van der Waals surface area contributed by atoms with Crippen molar-refractivity contribution in [3.05, 3.63) is 34.3 Å². The first kappa shape index (κ1) is 15.2. The van der Waals surface area contributed by atoms with E-state index < -0.39 is 0 Å². The van der Waals surface area contributed by atoms with Crippen LogP contribution in [0.1, 0.15) is 38.8 Å². The van der Waals surface area contributed by atoms with Crippen LogP contribution in [0.15, 0.2) is 28.7 Å². The third kappa shape index (κ3) is 5.19. The number of ether oxygens (including phenoxy) is 1. The summed E-state index contributed by atoms with van der Waals surface area (Å²) >= 11 is 3.46. The van der Waals surface area contributed by atoms with Gasteiger partial charge in [-0.05, 0) is 38.5 Å². The highest BCUT2D eigenvalue weighted by Crippen LogP contribution is 2.18. The molecule has 0 aliphatic rings. The minimum absolute atomic E-state index is 0.0954. The molecule has 0 aromatic heterocycles. The summed E-state index contributed by atoms with van der Waals surface area (Å²) in [6.45, 7) is 6.34. The summed E-state index contributed by atoms with van der Waals surface area (Å²) in [5.41, 5.74) is 1.19. The van der Waals surface area contributed by atoms with Gasteiger partial charge in [-0.1, -0.05) is 28.1 Å². The molecule has 3 nitrogen and oxygen atoms in total. The van der Waals surface area contributed by atoms with Gasteiger partial charge in [-0.15, -0.1) is 0 Å². The lowest BCUT2D eigenvalue weighted by atomic mass is 10.1. The van der Waals surface area contributed by atoms with E-state index in [0.29, 0.717) is 13.0 Å². The smallest absolute Gasteiger partial charge is 0.307 e. The second kappa shape index (κ2) is 7.54. The third-order valence-corrected chi connectivity index (χ3v) is 3.15. The molecule has 1 aromatic carbocycles. The molecule has 0 saturated heterocycles.